The first kappa shape index (κ1) is 15.1. The van der Waals surface area contributed by atoms with Crippen molar-refractivity contribution in [1.82, 2.24) is 9.88 Å². The number of primary amides is 1. The van der Waals surface area contributed by atoms with E-state index in [0.717, 1.165) is 35.1 Å². The Morgan fingerprint density at radius 1 is 1.30 bits per heavy atom. The monoisotopic (exact) mass is 309 g/mol. The molecule has 2 amide bonds. The summed E-state index contributed by atoms with van der Waals surface area (Å²) < 4.78 is 0. The molecule has 1 aromatic heterocycles. The van der Waals surface area contributed by atoms with Crippen molar-refractivity contribution in [2.75, 3.05) is 31.1 Å². The van der Waals surface area contributed by atoms with Crippen LogP contribution >= 0.6 is 0 Å². The minimum absolute atomic E-state index is 0.386. The Morgan fingerprint density at radius 2 is 2.13 bits per heavy atom. The molecule has 1 aliphatic heterocycles. The summed E-state index contributed by atoms with van der Waals surface area (Å²) >= 11 is 0. The topological polar surface area (TPSA) is 86.2 Å². The number of rotatable bonds is 1. The SMILES string of the molecule is Cc1cccc2c(N3CCCN(C(N)=O)CC3)c(C#N)cnc12. The lowest BCUT2D eigenvalue weighted by Crippen LogP contribution is -2.38. The van der Waals surface area contributed by atoms with Crippen LogP contribution in [-0.4, -0.2) is 42.1 Å². The van der Waals surface area contributed by atoms with Crippen LogP contribution in [0.4, 0.5) is 10.5 Å². The van der Waals surface area contributed by atoms with Gasteiger partial charge in [0, 0.05) is 37.8 Å². The minimum atomic E-state index is -0.386. The Kier molecular flexibility index (Phi) is 4.02. The number of carbonyl (C=O) groups excluding carboxylic acids is 1. The van der Waals surface area contributed by atoms with Crippen LogP contribution in [-0.2, 0) is 0 Å². The summed E-state index contributed by atoms with van der Waals surface area (Å²) in [7, 11) is 0. The Morgan fingerprint density at radius 3 is 2.87 bits per heavy atom. The molecular formula is C17H19N5O. The van der Waals surface area contributed by atoms with Gasteiger partial charge in [0.1, 0.15) is 6.07 Å². The van der Waals surface area contributed by atoms with E-state index in [1.165, 1.54) is 0 Å². The van der Waals surface area contributed by atoms with Crippen molar-refractivity contribution in [3.63, 3.8) is 0 Å². The van der Waals surface area contributed by atoms with Crippen LogP contribution in [0.25, 0.3) is 10.9 Å². The maximum atomic E-state index is 11.4. The molecule has 0 radical (unpaired) electrons. The number of nitriles is 1. The lowest BCUT2D eigenvalue weighted by atomic mass is 10.1. The molecule has 6 heteroatoms. The molecule has 2 N–H and O–H groups in total. The first-order valence-corrected chi connectivity index (χ1v) is 7.69. The average Bonchev–Trinajstić information content (AvgIpc) is 2.80. The predicted octanol–water partition coefficient (Wildman–Crippen LogP) is 2.01. The van der Waals surface area contributed by atoms with E-state index in [2.05, 4.69) is 16.0 Å². The number of amides is 2. The highest BCUT2D eigenvalue weighted by Gasteiger charge is 2.21. The Labute approximate surface area is 135 Å². The molecule has 3 rings (SSSR count). The molecule has 1 aromatic carbocycles. The molecule has 118 valence electrons. The maximum absolute atomic E-state index is 11.4. The van der Waals surface area contributed by atoms with Crippen LogP contribution in [0.2, 0.25) is 0 Å². The van der Waals surface area contributed by atoms with Crippen molar-refractivity contribution in [2.45, 2.75) is 13.3 Å². The molecule has 0 bridgehead atoms. The van der Waals surface area contributed by atoms with Crippen molar-refractivity contribution in [3.8, 4) is 6.07 Å². The number of benzene rings is 1. The zero-order valence-electron chi connectivity index (χ0n) is 13.1. The molecule has 1 aliphatic rings. The Balaban J connectivity index is 2.06. The molecule has 2 aromatic rings. The molecule has 0 saturated carbocycles. The third-order valence-corrected chi connectivity index (χ3v) is 4.31. The lowest BCUT2D eigenvalue weighted by molar-refractivity contribution is 0.211. The largest absolute Gasteiger partial charge is 0.368 e. The summed E-state index contributed by atoms with van der Waals surface area (Å²) in [4.78, 5) is 19.7. The number of fused-ring (bicyclic) bond motifs is 1. The number of hydrogen-bond acceptors (Lipinski definition) is 4. The average molecular weight is 309 g/mol. The van der Waals surface area contributed by atoms with Crippen molar-refractivity contribution in [3.05, 3.63) is 35.5 Å². The number of para-hydroxylation sites is 1. The molecular weight excluding hydrogens is 290 g/mol. The Hall–Kier alpha value is -2.81. The van der Waals surface area contributed by atoms with Crippen LogP contribution in [0.5, 0.6) is 0 Å². The maximum Gasteiger partial charge on any atom is 0.314 e. The zero-order valence-corrected chi connectivity index (χ0v) is 13.1. The van der Waals surface area contributed by atoms with Crippen molar-refractivity contribution >= 4 is 22.6 Å². The molecule has 0 atom stereocenters. The van der Waals surface area contributed by atoms with E-state index in [4.69, 9.17) is 5.73 Å². The van der Waals surface area contributed by atoms with Crippen LogP contribution in [0.1, 0.15) is 17.5 Å². The van der Waals surface area contributed by atoms with Crippen LogP contribution in [0, 0.1) is 18.3 Å². The number of carbonyl (C=O) groups is 1. The molecule has 1 saturated heterocycles. The molecule has 0 aliphatic carbocycles. The van der Waals surface area contributed by atoms with Crippen molar-refractivity contribution in [1.29, 1.82) is 5.26 Å². The van der Waals surface area contributed by atoms with Gasteiger partial charge in [0.25, 0.3) is 0 Å². The molecule has 1 fully saturated rings. The van der Waals surface area contributed by atoms with Gasteiger partial charge in [0.2, 0.25) is 0 Å². The summed E-state index contributed by atoms with van der Waals surface area (Å²) in [6.07, 6.45) is 2.46. The first-order valence-electron chi connectivity index (χ1n) is 7.69. The third-order valence-electron chi connectivity index (χ3n) is 4.31. The lowest BCUT2D eigenvalue weighted by Gasteiger charge is -2.25. The second-order valence-electron chi connectivity index (χ2n) is 5.77. The van der Waals surface area contributed by atoms with E-state index in [1.807, 2.05) is 25.1 Å². The molecule has 23 heavy (non-hydrogen) atoms. The van der Waals surface area contributed by atoms with E-state index in [-0.39, 0.29) is 6.03 Å². The summed E-state index contributed by atoms with van der Waals surface area (Å²) in [5.41, 5.74) is 8.87. The molecule has 6 nitrogen and oxygen atoms in total. The van der Waals surface area contributed by atoms with Gasteiger partial charge in [-0.2, -0.15) is 5.26 Å². The van der Waals surface area contributed by atoms with Gasteiger partial charge >= 0.3 is 6.03 Å². The third kappa shape index (κ3) is 2.78. The first-order chi connectivity index (χ1) is 11.1. The number of hydrogen-bond donors (Lipinski definition) is 1. The van der Waals surface area contributed by atoms with Gasteiger partial charge < -0.3 is 15.5 Å². The number of nitrogens with zero attached hydrogens (tertiary/aromatic N) is 4. The van der Waals surface area contributed by atoms with Crippen molar-refractivity contribution < 1.29 is 4.79 Å². The van der Waals surface area contributed by atoms with Gasteiger partial charge in [0.15, 0.2) is 0 Å². The van der Waals surface area contributed by atoms with Gasteiger partial charge in [-0.25, -0.2) is 4.79 Å². The number of urea groups is 1. The second kappa shape index (κ2) is 6.13. The molecule has 2 heterocycles. The number of aromatic nitrogens is 1. The zero-order chi connectivity index (χ0) is 16.4. The van der Waals surface area contributed by atoms with Gasteiger partial charge in [-0.15, -0.1) is 0 Å². The number of nitrogens with two attached hydrogens (primary N) is 1. The van der Waals surface area contributed by atoms with E-state index < -0.39 is 0 Å². The van der Waals surface area contributed by atoms with E-state index in [0.29, 0.717) is 25.2 Å². The second-order valence-corrected chi connectivity index (χ2v) is 5.77. The molecule has 0 unspecified atom stereocenters. The summed E-state index contributed by atoms with van der Waals surface area (Å²) in [5, 5.41) is 10.5. The highest BCUT2D eigenvalue weighted by Crippen LogP contribution is 2.31. The highest BCUT2D eigenvalue weighted by atomic mass is 16.2. The van der Waals surface area contributed by atoms with Gasteiger partial charge in [-0.1, -0.05) is 18.2 Å². The van der Waals surface area contributed by atoms with E-state index in [9.17, 15) is 10.1 Å². The summed E-state index contributed by atoms with van der Waals surface area (Å²) in [6, 6.07) is 7.87. The standard InChI is InChI=1S/C17H19N5O/c1-12-4-2-5-14-15(12)20-11-13(10-18)16(14)21-6-3-7-22(9-8-21)17(19)23/h2,4-5,11H,3,6-9H2,1H3,(H2,19,23). The number of aryl methyl sites for hydroxylation is 1. The quantitative estimate of drug-likeness (QED) is 0.873. The van der Waals surface area contributed by atoms with Crippen molar-refractivity contribution in [2.24, 2.45) is 5.73 Å². The normalized spacial score (nSPS) is 15.3. The van der Waals surface area contributed by atoms with E-state index in [1.54, 1.807) is 11.1 Å². The van der Waals surface area contributed by atoms with Crippen LogP contribution in [0.15, 0.2) is 24.4 Å². The van der Waals surface area contributed by atoms with Gasteiger partial charge in [-0.3, -0.25) is 4.98 Å². The minimum Gasteiger partial charge on any atom is -0.368 e. The fraction of sp³-hybridized carbons (Fsp3) is 0.353. The van der Waals surface area contributed by atoms with Crippen LogP contribution in [0.3, 0.4) is 0 Å². The summed E-state index contributed by atoms with van der Waals surface area (Å²) in [5.74, 6) is 0. The predicted molar refractivity (Wildman–Crippen MR) is 89.2 cm³/mol. The fourth-order valence-electron chi connectivity index (χ4n) is 3.14. The fourth-order valence-corrected chi connectivity index (χ4v) is 3.14. The van der Waals surface area contributed by atoms with E-state index >= 15 is 0 Å². The Bertz CT molecular complexity index is 795. The van der Waals surface area contributed by atoms with Gasteiger partial charge in [0.05, 0.1) is 16.8 Å². The van der Waals surface area contributed by atoms with Crippen LogP contribution < -0.4 is 10.6 Å². The number of anilines is 1. The smallest absolute Gasteiger partial charge is 0.314 e. The summed E-state index contributed by atoms with van der Waals surface area (Å²) in [6.45, 7) is 4.67. The highest BCUT2D eigenvalue weighted by molar-refractivity contribution is 5.96. The van der Waals surface area contributed by atoms with Gasteiger partial charge in [-0.05, 0) is 18.9 Å². The number of pyridine rings is 1. The molecule has 0 spiro atoms.